The monoisotopic (exact) mass is 207 g/mol. The molecule has 1 aliphatic rings. The van der Waals surface area contributed by atoms with E-state index in [1.807, 2.05) is 13.8 Å². The van der Waals surface area contributed by atoms with Crippen LogP contribution in [0.4, 0.5) is 0 Å². The van der Waals surface area contributed by atoms with E-state index < -0.39 is 0 Å². The van der Waals surface area contributed by atoms with Crippen LogP contribution in [0.2, 0.25) is 0 Å². The predicted octanol–water partition coefficient (Wildman–Crippen LogP) is 0.538. The van der Waals surface area contributed by atoms with Gasteiger partial charge in [-0.05, 0) is 38.7 Å². The van der Waals surface area contributed by atoms with Crippen molar-refractivity contribution in [3.63, 3.8) is 0 Å². The molecule has 0 saturated heterocycles. The van der Waals surface area contributed by atoms with E-state index in [-0.39, 0.29) is 11.2 Å². The van der Waals surface area contributed by atoms with Gasteiger partial charge < -0.3 is 10.7 Å². The summed E-state index contributed by atoms with van der Waals surface area (Å²) in [6, 6.07) is 0. The highest BCUT2D eigenvalue weighted by molar-refractivity contribution is 5.29. The maximum Gasteiger partial charge on any atom is 0.345 e. The summed E-state index contributed by atoms with van der Waals surface area (Å²) >= 11 is 0. The highest BCUT2D eigenvalue weighted by atomic mass is 16.1. The fourth-order valence-electron chi connectivity index (χ4n) is 2.12. The fraction of sp³-hybridized carbons (Fsp3) is 0.636. The summed E-state index contributed by atoms with van der Waals surface area (Å²) in [4.78, 5) is 18.2. The van der Waals surface area contributed by atoms with Crippen molar-refractivity contribution in [2.24, 2.45) is 5.73 Å². The number of hydrogen-bond acceptors (Lipinski definition) is 3. The van der Waals surface area contributed by atoms with Crippen molar-refractivity contribution < 1.29 is 0 Å². The zero-order valence-corrected chi connectivity index (χ0v) is 9.26. The number of aryl methyl sites for hydroxylation is 1. The Morgan fingerprint density at radius 1 is 1.47 bits per heavy atom. The highest BCUT2D eigenvalue weighted by Gasteiger charge is 2.21. The lowest BCUT2D eigenvalue weighted by atomic mass is 9.97. The first kappa shape index (κ1) is 10.4. The third-order valence-electron chi connectivity index (χ3n) is 2.68. The van der Waals surface area contributed by atoms with Crippen LogP contribution in [0.15, 0.2) is 4.79 Å². The van der Waals surface area contributed by atoms with Gasteiger partial charge >= 0.3 is 5.69 Å². The molecule has 1 aromatic rings. The maximum atomic E-state index is 11.3. The van der Waals surface area contributed by atoms with E-state index in [4.69, 9.17) is 5.73 Å². The van der Waals surface area contributed by atoms with E-state index in [0.717, 1.165) is 30.7 Å². The topological polar surface area (TPSA) is 71.8 Å². The molecule has 0 aromatic carbocycles. The second-order valence-corrected chi connectivity index (χ2v) is 4.96. The lowest BCUT2D eigenvalue weighted by Crippen LogP contribution is -2.36. The third kappa shape index (κ3) is 2.26. The molecule has 0 aliphatic heterocycles. The van der Waals surface area contributed by atoms with E-state index in [0.29, 0.717) is 6.42 Å². The number of fused-ring (bicyclic) bond motifs is 1. The van der Waals surface area contributed by atoms with Crippen molar-refractivity contribution in [1.82, 2.24) is 9.97 Å². The average molecular weight is 207 g/mol. The molecular formula is C11H17N3O. The van der Waals surface area contributed by atoms with Gasteiger partial charge in [-0.25, -0.2) is 4.79 Å². The standard InChI is InChI=1S/C11H17N3O/c1-11(2,12)6-9-7-4-3-5-8(7)13-10(15)14-9/h3-6,12H2,1-2H3,(H,13,14,15). The normalized spacial score (nSPS) is 15.4. The van der Waals surface area contributed by atoms with Crippen LogP contribution in [0.3, 0.4) is 0 Å². The molecule has 1 heterocycles. The summed E-state index contributed by atoms with van der Waals surface area (Å²) in [6.45, 7) is 3.91. The lowest BCUT2D eigenvalue weighted by Gasteiger charge is -2.19. The van der Waals surface area contributed by atoms with Crippen LogP contribution in [-0.2, 0) is 19.3 Å². The summed E-state index contributed by atoms with van der Waals surface area (Å²) in [6.07, 6.45) is 3.75. The molecule has 1 aromatic heterocycles. The zero-order valence-electron chi connectivity index (χ0n) is 9.26. The number of nitrogens with one attached hydrogen (secondary N) is 1. The molecule has 0 bridgehead atoms. The quantitative estimate of drug-likeness (QED) is 0.743. The molecule has 15 heavy (non-hydrogen) atoms. The van der Waals surface area contributed by atoms with Gasteiger partial charge in [0.15, 0.2) is 0 Å². The Labute approximate surface area is 88.9 Å². The van der Waals surface area contributed by atoms with Crippen molar-refractivity contribution in [2.45, 2.75) is 45.1 Å². The molecule has 0 radical (unpaired) electrons. The number of aromatic amines is 1. The minimum Gasteiger partial charge on any atom is -0.325 e. The summed E-state index contributed by atoms with van der Waals surface area (Å²) in [7, 11) is 0. The first-order valence-corrected chi connectivity index (χ1v) is 5.35. The Hall–Kier alpha value is -1.16. The highest BCUT2D eigenvalue weighted by Crippen LogP contribution is 2.22. The molecule has 1 aliphatic carbocycles. The molecule has 0 fully saturated rings. The SMILES string of the molecule is CC(C)(N)Cc1nc(=O)[nH]c2c1CCC2. The molecule has 0 unspecified atom stereocenters. The Kier molecular flexibility index (Phi) is 2.38. The molecule has 0 spiro atoms. The van der Waals surface area contributed by atoms with Gasteiger partial charge in [0.25, 0.3) is 0 Å². The van der Waals surface area contributed by atoms with Gasteiger partial charge in [0.05, 0.1) is 5.69 Å². The third-order valence-corrected chi connectivity index (χ3v) is 2.68. The first-order chi connectivity index (χ1) is 6.96. The fourth-order valence-corrected chi connectivity index (χ4v) is 2.12. The van der Waals surface area contributed by atoms with Crippen LogP contribution in [-0.4, -0.2) is 15.5 Å². The summed E-state index contributed by atoms with van der Waals surface area (Å²) in [5.74, 6) is 0. The van der Waals surface area contributed by atoms with Crippen molar-refractivity contribution in [2.75, 3.05) is 0 Å². The summed E-state index contributed by atoms with van der Waals surface area (Å²) in [5.41, 5.74) is 8.58. The largest absolute Gasteiger partial charge is 0.345 e. The minimum absolute atomic E-state index is 0.241. The van der Waals surface area contributed by atoms with Crippen molar-refractivity contribution in [3.8, 4) is 0 Å². The van der Waals surface area contributed by atoms with Crippen molar-refractivity contribution in [1.29, 1.82) is 0 Å². The van der Waals surface area contributed by atoms with Gasteiger partial charge in [-0.2, -0.15) is 4.98 Å². The second-order valence-electron chi connectivity index (χ2n) is 4.96. The number of rotatable bonds is 2. The van der Waals surface area contributed by atoms with E-state index >= 15 is 0 Å². The lowest BCUT2D eigenvalue weighted by molar-refractivity contribution is 0.506. The Morgan fingerprint density at radius 2 is 2.20 bits per heavy atom. The van der Waals surface area contributed by atoms with Crippen molar-refractivity contribution in [3.05, 3.63) is 27.4 Å². The van der Waals surface area contributed by atoms with Gasteiger partial charge in [0.2, 0.25) is 0 Å². The van der Waals surface area contributed by atoms with Gasteiger partial charge in [0, 0.05) is 17.7 Å². The average Bonchev–Trinajstić information content (AvgIpc) is 2.48. The molecular weight excluding hydrogens is 190 g/mol. The zero-order chi connectivity index (χ0) is 11.1. The number of H-pyrrole nitrogens is 1. The molecule has 3 N–H and O–H groups in total. The van der Waals surface area contributed by atoms with Gasteiger partial charge in [-0.3, -0.25) is 0 Å². The van der Waals surface area contributed by atoms with Gasteiger partial charge in [-0.15, -0.1) is 0 Å². The van der Waals surface area contributed by atoms with Crippen LogP contribution in [0.25, 0.3) is 0 Å². The van der Waals surface area contributed by atoms with E-state index in [9.17, 15) is 4.79 Å². The molecule has 0 saturated carbocycles. The van der Waals surface area contributed by atoms with E-state index in [1.54, 1.807) is 0 Å². The molecule has 82 valence electrons. The van der Waals surface area contributed by atoms with Crippen LogP contribution in [0.1, 0.15) is 37.2 Å². The number of hydrogen-bond donors (Lipinski definition) is 2. The predicted molar refractivity (Wildman–Crippen MR) is 58.9 cm³/mol. The number of nitrogens with two attached hydrogens (primary N) is 1. The van der Waals surface area contributed by atoms with E-state index in [1.165, 1.54) is 5.56 Å². The van der Waals surface area contributed by atoms with Gasteiger partial charge in [0.1, 0.15) is 0 Å². The van der Waals surface area contributed by atoms with Crippen molar-refractivity contribution >= 4 is 0 Å². The van der Waals surface area contributed by atoms with Gasteiger partial charge in [-0.1, -0.05) is 0 Å². The molecule has 0 atom stereocenters. The smallest absolute Gasteiger partial charge is 0.325 e. The minimum atomic E-state index is -0.308. The number of aromatic nitrogens is 2. The van der Waals surface area contributed by atoms with Crippen LogP contribution in [0, 0.1) is 0 Å². The van der Waals surface area contributed by atoms with Crippen LogP contribution < -0.4 is 11.4 Å². The number of nitrogens with zero attached hydrogens (tertiary/aromatic N) is 1. The molecule has 4 nitrogen and oxygen atoms in total. The first-order valence-electron chi connectivity index (χ1n) is 5.35. The van der Waals surface area contributed by atoms with E-state index in [2.05, 4.69) is 9.97 Å². The maximum absolute atomic E-state index is 11.3. The molecule has 0 amide bonds. The van der Waals surface area contributed by atoms with Crippen LogP contribution in [0.5, 0.6) is 0 Å². The Bertz CT molecular complexity index is 428. The molecule has 4 heteroatoms. The summed E-state index contributed by atoms with van der Waals surface area (Å²) in [5, 5.41) is 0. The summed E-state index contributed by atoms with van der Waals surface area (Å²) < 4.78 is 0. The Balaban J connectivity index is 2.43. The Morgan fingerprint density at radius 3 is 2.87 bits per heavy atom. The van der Waals surface area contributed by atoms with Crippen LogP contribution >= 0.6 is 0 Å². The second kappa shape index (κ2) is 3.45. The molecule has 2 rings (SSSR count).